The molecule has 1 fully saturated rings. The van der Waals surface area contributed by atoms with Crippen LogP contribution in [0.25, 0.3) is 0 Å². The minimum atomic E-state index is -3.24. The highest BCUT2D eigenvalue weighted by Crippen LogP contribution is 2.25. The summed E-state index contributed by atoms with van der Waals surface area (Å²) >= 11 is 5.75. The molecule has 0 amide bonds. The van der Waals surface area contributed by atoms with Crippen molar-refractivity contribution in [3.05, 3.63) is 29.0 Å². The van der Waals surface area contributed by atoms with Gasteiger partial charge in [0.05, 0.1) is 5.75 Å². The number of rotatable bonds is 9. The van der Waals surface area contributed by atoms with Crippen LogP contribution in [0.4, 0.5) is 0 Å². The van der Waals surface area contributed by atoms with E-state index in [9.17, 15) is 8.42 Å². The molecule has 1 saturated carbocycles. The molecular weight excluding hydrogens is 362 g/mol. The first-order valence-electron chi connectivity index (χ1n) is 8.51. The molecule has 1 aliphatic rings. The number of aromatic nitrogens is 1. The Labute approximate surface area is 154 Å². The SMILES string of the molecule is CN=C(NCCc1ccc(Cl)nc1)NCCS(=O)(=O)NCC1CCC1. The minimum Gasteiger partial charge on any atom is -0.356 e. The van der Waals surface area contributed by atoms with Gasteiger partial charge >= 0.3 is 0 Å². The van der Waals surface area contributed by atoms with Gasteiger partial charge in [0.2, 0.25) is 10.0 Å². The molecule has 0 aromatic carbocycles. The van der Waals surface area contributed by atoms with E-state index in [1.165, 1.54) is 6.42 Å². The van der Waals surface area contributed by atoms with Gasteiger partial charge in [-0.05, 0) is 36.8 Å². The van der Waals surface area contributed by atoms with Crippen LogP contribution in [0.1, 0.15) is 24.8 Å². The summed E-state index contributed by atoms with van der Waals surface area (Å²) in [6.07, 6.45) is 5.97. The Balaban J connectivity index is 1.63. The molecule has 0 unspecified atom stereocenters. The summed E-state index contributed by atoms with van der Waals surface area (Å²) in [4.78, 5) is 8.12. The minimum absolute atomic E-state index is 0.0293. The molecule has 1 heterocycles. The monoisotopic (exact) mass is 387 g/mol. The number of guanidine groups is 1. The van der Waals surface area contributed by atoms with Gasteiger partial charge in [-0.2, -0.15) is 0 Å². The van der Waals surface area contributed by atoms with Crippen molar-refractivity contribution < 1.29 is 8.42 Å². The summed E-state index contributed by atoms with van der Waals surface area (Å²) < 4.78 is 26.6. The van der Waals surface area contributed by atoms with Crippen molar-refractivity contribution >= 4 is 27.6 Å². The Morgan fingerprint density at radius 2 is 2.08 bits per heavy atom. The Morgan fingerprint density at radius 1 is 1.32 bits per heavy atom. The molecule has 140 valence electrons. The molecular formula is C16H26ClN5O2S. The van der Waals surface area contributed by atoms with Gasteiger partial charge in [-0.3, -0.25) is 4.99 Å². The van der Waals surface area contributed by atoms with Gasteiger partial charge < -0.3 is 10.6 Å². The zero-order valence-electron chi connectivity index (χ0n) is 14.5. The Kier molecular flexibility index (Phi) is 7.92. The molecule has 1 aliphatic carbocycles. The highest BCUT2D eigenvalue weighted by Gasteiger charge is 2.19. The van der Waals surface area contributed by atoms with E-state index >= 15 is 0 Å². The lowest BCUT2D eigenvalue weighted by atomic mass is 9.86. The van der Waals surface area contributed by atoms with E-state index in [0.717, 1.165) is 24.8 Å². The molecule has 7 nitrogen and oxygen atoms in total. The van der Waals surface area contributed by atoms with E-state index in [0.29, 0.717) is 36.7 Å². The average Bonchev–Trinajstić information content (AvgIpc) is 2.53. The van der Waals surface area contributed by atoms with Crippen molar-refractivity contribution in [2.45, 2.75) is 25.7 Å². The fourth-order valence-corrected chi connectivity index (χ4v) is 3.53. The molecule has 9 heteroatoms. The second-order valence-electron chi connectivity index (χ2n) is 6.13. The van der Waals surface area contributed by atoms with E-state index in [2.05, 4.69) is 25.3 Å². The lowest BCUT2D eigenvalue weighted by Crippen LogP contribution is -2.42. The molecule has 1 aromatic rings. The molecule has 0 atom stereocenters. The van der Waals surface area contributed by atoms with Gasteiger partial charge in [0.15, 0.2) is 5.96 Å². The molecule has 0 spiro atoms. The predicted octanol–water partition coefficient (Wildman–Crippen LogP) is 1.16. The zero-order valence-corrected chi connectivity index (χ0v) is 16.0. The maximum Gasteiger partial charge on any atom is 0.213 e. The number of hydrogen-bond donors (Lipinski definition) is 3. The normalized spacial score (nSPS) is 15.7. The molecule has 25 heavy (non-hydrogen) atoms. The summed E-state index contributed by atoms with van der Waals surface area (Å²) in [6, 6.07) is 3.68. The van der Waals surface area contributed by atoms with Gasteiger partial charge in [0.25, 0.3) is 0 Å². The van der Waals surface area contributed by atoms with Crippen LogP contribution in [-0.4, -0.2) is 51.8 Å². The lowest BCUT2D eigenvalue weighted by molar-refractivity contribution is 0.316. The average molecular weight is 388 g/mol. The first-order valence-corrected chi connectivity index (χ1v) is 10.5. The smallest absolute Gasteiger partial charge is 0.213 e. The highest BCUT2D eigenvalue weighted by molar-refractivity contribution is 7.89. The lowest BCUT2D eigenvalue weighted by Gasteiger charge is -2.25. The van der Waals surface area contributed by atoms with Crippen molar-refractivity contribution in [2.24, 2.45) is 10.9 Å². The van der Waals surface area contributed by atoms with Crippen LogP contribution in [0.15, 0.2) is 23.3 Å². The van der Waals surface area contributed by atoms with Crippen LogP contribution in [-0.2, 0) is 16.4 Å². The number of nitrogens with one attached hydrogen (secondary N) is 3. The maximum atomic E-state index is 11.9. The fraction of sp³-hybridized carbons (Fsp3) is 0.625. The molecule has 3 N–H and O–H groups in total. The van der Waals surface area contributed by atoms with Gasteiger partial charge in [-0.15, -0.1) is 0 Å². The van der Waals surface area contributed by atoms with Crippen LogP contribution < -0.4 is 15.4 Å². The fourth-order valence-electron chi connectivity index (χ4n) is 2.42. The second kappa shape index (κ2) is 9.94. The summed E-state index contributed by atoms with van der Waals surface area (Å²) in [5.74, 6) is 1.12. The van der Waals surface area contributed by atoms with Gasteiger partial charge in [-0.1, -0.05) is 24.1 Å². The first-order chi connectivity index (χ1) is 12.0. The van der Waals surface area contributed by atoms with E-state index in [1.54, 1.807) is 19.3 Å². The van der Waals surface area contributed by atoms with Crippen molar-refractivity contribution in [1.29, 1.82) is 0 Å². The molecule has 0 saturated heterocycles. The first kappa shape index (κ1) is 19.9. The van der Waals surface area contributed by atoms with Gasteiger partial charge in [-0.25, -0.2) is 18.1 Å². The number of nitrogens with zero attached hydrogens (tertiary/aromatic N) is 2. The molecule has 0 bridgehead atoms. The summed E-state index contributed by atoms with van der Waals surface area (Å²) in [5, 5.41) is 6.64. The Morgan fingerprint density at radius 3 is 2.68 bits per heavy atom. The highest BCUT2D eigenvalue weighted by atomic mass is 35.5. The summed E-state index contributed by atoms with van der Waals surface area (Å²) in [5.41, 5.74) is 1.06. The second-order valence-corrected chi connectivity index (χ2v) is 8.44. The van der Waals surface area contributed by atoms with Crippen LogP contribution in [0.3, 0.4) is 0 Å². The van der Waals surface area contributed by atoms with Crippen LogP contribution in [0.5, 0.6) is 0 Å². The number of sulfonamides is 1. The Hall–Kier alpha value is -1.38. The van der Waals surface area contributed by atoms with E-state index in [4.69, 9.17) is 11.6 Å². The maximum absolute atomic E-state index is 11.9. The number of aliphatic imine (C=N–C) groups is 1. The summed E-state index contributed by atoms with van der Waals surface area (Å²) in [6.45, 7) is 1.53. The van der Waals surface area contributed by atoms with E-state index in [1.807, 2.05) is 6.07 Å². The van der Waals surface area contributed by atoms with E-state index in [-0.39, 0.29) is 5.75 Å². The topological polar surface area (TPSA) is 95.5 Å². The van der Waals surface area contributed by atoms with Gasteiger partial charge in [0, 0.05) is 32.9 Å². The quantitative estimate of drug-likeness (QED) is 0.336. The van der Waals surface area contributed by atoms with Crippen molar-refractivity contribution in [2.75, 3.05) is 32.4 Å². The molecule has 0 radical (unpaired) electrons. The predicted molar refractivity (Wildman–Crippen MR) is 101 cm³/mol. The number of pyridine rings is 1. The molecule has 2 rings (SSSR count). The van der Waals surface area contributed by atoms with Crippen molar-refractivity contribution in [3.8, 4) is 0 Å². The molecule has 1 aromatic heterocycles. The largest absolute Gasteiger partial charge is 0.356 e. The van der Waals surface area contributed by atoms with Crippen LogP contribution >= 0.6 is 11.6 Å². The number of halogens is 1. The van der Waals surface area contributed by atoms with Crippen LogP contribution in [0.2, 0.25) is 5.15 Å². The number of hydrogen-bond acceptors (Lipinski definition) is 4. The molecule has 0 aliphatic heterocycles. The van der Waals surface area contributed by atoms with Gasteiger partial charge in [0.1, 0.15) is 5.15 Å². The van der Waals surface area contributed by atoms with Crippen molar-refractivity contribution in [3.63, 3.8) is 0 Å². The zero-order chi connectivity index (χ0) is 18.1. The third-order valence-corrected chi connectivity index (χ3v) is 5.77. The van der Waals surface area contributed by atoms with Crippen molar-refractivity contribution in [1.82, 2.24) is 20.3 Å². The van der Waals surface area contributed by atoms with Crippen LogP contribution in [0, 0.1) is 5.92 Å². The standard InChI is InChI=1S/C16H26ClN5O2S/c1-18-16(19-8-7-14-5-6-15(17)21-11-14)20-9-10-25(23,24)22-12-13-3-2-4-13/h5-6,11,13,22H,2-4,7-10,12H2,1H3,(H2,18,19,20). The van der Waals surface area contributed by atoms with E-state index < -0.39 is 10.0 Å². The summed E-state index contributed by atoms with van der Waals surface area (Å²) in [7, 11) is -1.59. The third kappa shape index (κ3) is 7.58. The third-order valence-electron chi connectivity index (χ3n) is 4.20. The Bertz CT molecular complexity index is 660.